The van der Waals surface area contributed by atoms with E-state index >= 15 is 0 Å². The lowest BCUT2D eigenvalue weighted by Crippen LogP contribution is -2.25. The Kier molecular flexibility index (Phi) is 3.87. The van der Waals surface area contributed by atoms with Crippen LogP contribution in [-0.4, -0.2) is 18.2 Å². The Hall–Kier alpha value is -1.86. The van der Waals surface area contributed by atoms with Crippen LogP contribution in [0.4, 0.5) is 5.69 Å². The molecule has 6 nitrogen and oxygen atoms in total. The maximum atomic E-state index is 11.9. The van der Waals surface area contributed by atoms with Crippen molar-refractivity contribution in [2.24, 2.45) is 7.05 Å². The van der Waals surface area contributed by atoms with Crippen LogP contribution >= 0.6 is 0 Å². The van der Waals surface area contributed by atoms with Gasteiger partial charge in [0, 0.05) is 18.9 Å². The first-order chi connectivity index (χ1) is 8.96. The molecule has 0 aliphatic rings. The van der Waals surface area contributed by atoms with Gasteiger partial charge in [-0.25, -0.2) is 13.1 Å². The minimum Gasteiger partial charge on any atom is -0.399 e. The van der Waals surface area contributed by atoms with Crippen LogP contribution in [0.3, 0.4) is 0 Å². The molecule has 0 spiro atoms. The van der Waals surface area contributed by atoms with Crippen LogP contribution < -0.4 is 10.5 Å². The summed E-state index contributed by atoms with van der Waals surface area (Å²) in [5.74, 6) is -0.0644. The van der Waals surface area contributed by atoms with Crippen LogP contribution in [0.2, 0.25) is 0 Å². The van der Waals surface area contributed by atoms with Crippen LogP contribution in [0.5, 0.6) is 0 Å². The summed E-state index contributed by atoms with van der Waals surface area (Å²) < 4.78 is 28.0. The zero-order valence-electron chi connectivity index (χ0n) is 10.6. The van der Waals surface area contributed by atoms with Crippen LogP contribution in [0.15, 0.2) is 36.5 Å². The zero-order valence-corrected chi connectivity index (χ0v) is 11.4. The number of nitrogens with one attached hydrogen (secondary N) is 1. The van der Waals surface area contributed by atoms with Gasteiger partial charge in [0.25, 0.3) is 0 Å². The van der Waals surface area contributed by atoms with E-state index in [-0.39, 0.29) is 12.3 Å². The Morgan fingerprint density at radius 3 is 2.53 bits per heavy atom. The highest BCUT2D eigenvalue weighted by molar-refractivity contribution is 7.88. The van der Waals surface area contributed by atoms with Crippen LogP contribution in [0.25, 0.3) is 0 Å². The molecule has 19 heavy (non-hydrogen) atoms. The molecule has 0 saturated carbocycles. The lowest BCUT2D eigenvalue weighted by molar-refractivity contribution is 0.576. The Morgan fingerprint density at radius 1 is 1.26 bits per heavy atom. The fourth-order valence-electron chi connectivity index (χ4n) is 1.64. The van der Waals surface area contributed by atoms with Crippen molar-refractivity contribution in [3.63, 3.8) is 0 Å². The summed E-state index contributed by atoms with van der Waals surface area (Å²) in [7, 11) is -1.60. The zero-order chi connectivity index (χ0) is 13.9. The van der Waals surface area contributed by atoms with Crippen molar-refractivity contribution in [3.8, 4) is 0 Å². The number of anilines is 1. The van der Waals surface area contributed by atoms with Gasteiger partial charge in [0.1, 0.15) is 0 Å². The molecular weight excluding hydrogens is 264 g/mol. The van der Waals surface area contributed by atoms with Gasteiger partial charge in [-0.05, 0) is 23.8 Å². The maximum Gasteiger partial charge on any atom is 0.216 e. The average molecular weight is 280 g/mol. The fourth-order valence-corrected chi connectivity index (χ4v) is 2.74. The SMILES string of the molecule is Cn1nccc1CNS(=O)(=O)Cc1ccc(N)cc1. The minimum absolute atomic E-state index is 0.0644. The van der Waals surface area contributed by atoms with Gasteiger partial charge in [-0.1, -0.05) is 12.1 Å². The third-order valence-electron chi connectivity index (χ3n) is 2.73. The molecule has 0 amide bonds. The molecule has 1 heterocycles. The summed E-state index contributed by atoms with van der Waals surface area (Å²) >= 11 is 0. The summed E-state index contributed by atoms with van der Waals surface area (Å²) in [5, 5.41) is 3.98. The summed E-state index contributed by atoms with van der Waals surface area (Å²) in [5.41, 5.74) is 7.68. The molecule has 0 saturated heterocycles. The molecule has 0 aliphatic heterocycles. The molecule has 0 aliphatic carbocycles. The molecule has 0 bridgehead atoms. The second-order valence-electron chi connectivity index (χ2n) is 4.27. The van der Waals surface area contributed by atoms with Crippen molar-refractivity contribution in [2.75, 3.05) is 5.73 Å². The van der Waals surface area contributed by atoms with E-state index in [2.05, 4.69) is 9.82 Å². The van der Waals surface area contributed by atoms with E-state index in [1.165, 1.54) is 0 Å². The number of nitrogen functional groups attached to an aromatic ring is 1. The number of rotatable bonds is 5. The van der Waals surface area contributed by atoms with Crippen molar-refractivity contribution in [1.82, 2.24) is 14.5 Å². The third kappa shape index (κ3) is 3.80. The van der Waals surface area contributed by atoms with Crippen molar-refractivity contribution in [3.05, 3.63) is 47.8 Å². The van der Waals surface area contributed by atoms with Gasteiger partial charge in [0.05, 0.1) is 18.0 Å². The first-order valence-corrected chi connectivity index (χ1v) is 7.40. The number of nitrogens with zero attached hydrogens (tertiary/aromatic N) is 2. The van der Waals surface area contributed by atoms with Gasteiger partial charge in [0.15, 0.2) is 0 Å². The average Bonchev–Trinajstić information content (AvgIpc) is 2.75. The van der Waals surface area contributed by atoms with E-state index in [1.54, 1.807) is 48.3 Å². The first kappa shape index (κ1) is 13.6. The predicted octanol–water partition coefficient (Wildman–Crippen LogP) is 0.622. The Labute approximate surface area is 112 Å². The molecule has 2 rings (SSSR count). The Morgan fingerprint density at radius 2 is 1.95 bits per heavy atom. The molecule has 0 unspecified atom stereocenters. The van der Waals surface area contributed by atoms with Gasteiger partial charge < -0.3 is 5.73 Å². The van der Waals surface area contributed by atoms with Gasteiger partial charge in [-0.3, -0.25) is 4.68 Å². The van der Waals surface area contributed by atoms with E-state index in [0.29, 0.717) is 11.3 Å². The lowest BCUT2D eigenvalue weighted by atomic mass is 10.2. The maximum absolute atomic E-state index is 11.9. The summed E-state index contributed by atoms with van der Waals surface area (Å²) in [6.45, 7) is 0.230. The molecule has 3 N–H and O–H groups in total. The van der Waals surface area contributed by atoms with Gasteiger partial charge in [-0.2, -0.15) is 5.10 Å². The molecule has 102 valence electrons. The number of hydrogen-bond acceptors (Lipinski definition) is 4. The molecule has 2 aromatic rings. The van der Waals surface area contributed by atoms with Crippen LogP contribution in [-0.2, 0) is 29.4 Å². The fraction of sp³-hybridized carbons (Fsp3) is 0.250. The minimum atomic E-state index is -3.37. The first-order valence-electron chi connectivity index (χ1n) is 5.75. The highest BCUT2D eigenvalue weighted by atomic mass is 32.2. The van der Waals surface area contributed by atoms with E-state index in [1.807, 2.05) is 0 Å². The molecule has 7 heteroatoms. The Bertz CT molecular complexity index is 647. The molecule has 0 fully saturated rings. The van der Waals surface area contributed by atoms with Crippen molar-refractivity contribution >= 4 is 15.7 Å². The van der Waals surface area contributed by atoms with Gasteiger partial charge in [0.2, 0.25) is 10.0 Å². The largest absolute Gasteiger partial charge is 0.399 e. The number of benzene rings is 1. The molecule has 1 aromatic heterocycles. The van der Waals surface area contributed by atoms with Crippen molar-refractivity contribution < 1.29 is 8.42 Å². The topological polar surface area (TPSA) is 90.0 Å². The van der Waals surface area contributed by atoms with E-state index in [4.69, 9.17) is 5.73 Å². The van der Waals surface area contributed by atoms with E-state index in [0.717, 1.165) is 5.69 Å². The Balaban J connectivity index is 1.99. The van der Waals surface area contributed by atoms with Gasteiger partial charge in [-0.15, -0.1) is 0 Å². The van der Waals surface area contributed by atoms with Crippen LogP contribution in [0.1, 0.15) is 11.3 Å². The lowest BCUT2D eigenvalue weighted by Gasteiger charge is -2.07. The second-order valence-corrected chi connectivity index (χ2v) is 6.07. The normalized spacial score (nSPS) is 11.6. The second kappa shape index (κ2) is 5.41. The quantitative estimate of drug-likeness (QED) is 0.786. The third-order valence-corrected chi connectivity index (χ3v) is 4.03. The van der Waals surface area contributed by atoms with Crippen molar-refractivity contribution in [2.45, 2.75) is 12.3 Å². The smallest absolute Gasteiger partial charge is 0.216 e. The van der Waals surface area contributed by atoms with Crippen LogP contribution in [0, 0.1) is 0 Å². The number of nitrogens with two attached hydrogens (primary N) is 1. The molecule has 0 radical (unpaired) electrons. The number of aryl methyl sites for hydroxylation is 1. The predicted molar refractivity (Wildman–Crippen MR) is 73.5 cm³/mol. The number of hydrogen-bond donors (Lipinski definition) is 2. The molecular formula is C12H16N4O2S. The standard InChI is InChI=1S/C12H16N4O2S/c1-16-12(6-7-14-16)8-15-19(17,18)9-10-2-4-11(13)5-3-10/h2-7,15H,8-9,13H2,1H3. The number of aromatic nitrogens is 2. The van der Waals surface area contributed by atoms with E-state index < -0.39 is 10.0 Å². The molecule has 1 aromatic carbocycles. The highest BCUT2D eigenvalue weighted by Gasteiger charge is 2.12. The number of sulfonamides is 1. The highest BCUT2D eigenvalue weighted by Crippen LogP contribution is 2.09. The monoisotopic (exact) mass is 280 g/mol. The summed E-state index contributed by atoms with van der Waals surface area (Å²) in [6, 6.07) is 8.56. The summed E-state index contributed by atoms with van der Waals surface area (Å²) in [6.07, 6.45) is 1.63. The van der Waals surface area contributed by atoms with Crippen molar-refractivity contribution in [1.29, 1.82) is 0 Å². The van der Waals surface area contributed by atoms with E-state index in [9.17, 15) is 8.42 Å². The summed E-state index contributed by atoms with van der Waals surface area (Å²) in [4.78, 5) is 0. The van der Waals surface area contributed by atoms with Gasteiger partial charge >= 0.3 is 0 Å². The molecule has 0 atom stereocenters.